The lowest BCUT2D eigenvalue weighted by molar-refractivity contribution is -0.135. The van der Waals surface area contributed by atoms with Crippen LogP contribution in [0.1, 0.15) is 13.3 Å². The van der Waals surface area contributed by atoms with Gasteiger partial charge in [-0.05, 0) is 18.9 Å². The van der Waals surface area contributed by atoms with Gasteiger partial charge in [-0.25, -0.2) is 0 Å². The highest BCUT2D eigenvalue weighted by molar-refractivity contribution is 5.78. The third-order valence-corrected chi connectivity index (χ3v) is 2.59. The van der Waals surface area contributed by atoms with Gasteiger partial charge in [0.2, 0.25) is 5.91 Å². The molecule has 1 fully saturated rings. The predicted octanol–water partition coefficient (Wildman–Crippen LogP) is 0.320. The maximum absolute atomic E-state index is 11.6. The molecule has 12 heavy (non-hydrogen) atoms. The first-order chi connectivity index (χ1) is 5.63. The van der Waals surface area contributed by atoms with Crippen molar-refractivity contribution < 1.29 is 4.79 Å². The van der Waals surface area contributed by atoms with Crippen LogP contribution >= 0.6 is 0 Å². The van der Waals surface area contributed by atoms with Crippen molar-refractivity contribution in [2.24, 2.45) is 11.8 Å². The molecular formula is C9H18N2O. The molecule has 0 aromatic heterocycles. The second-order valence-electron chi connectivity index (χ2n) is 3.81. The van der Waals surface area contributed by atoms with E-state index in [9.17, 15) is 4.79 Å². The zero-order valence-electron chi connectivity index (χ0n) is 8.13. The highest BCUT2D eigenvalue weighted by Gasteiger charge is 2.28. The van der Waals surface area contributed by atoms with Crippen molar-refractivity contribution in [3.63, 3.8) is 0 Å². The number of nitrogens with one attached hydrogen (secondary N) is 1. The van der Waals surface area contributed by atoms with Gasteiger partial charge in [-0.15, -0.1) is 0 Å². The monoisotopic (exact) mass is 170 g/mol. The molecule has 1 saturated heterocycles. The summed E-state index contributed by atoms with van der Waals surface area (Å²) in [7, 11) is 3.65. The normalized spacial score (nSPS) is 29.9. The van der Waals surface area contributed by atoms with Gasteiger partial charge in [-0.1, -0.05) is 6.92 Å². The third-order valence-electron chi connectivity index (χ3n) is 2.59. The first-order valence-corrected chi connectivity index (χ1v) is 4.55. The Hall–Kier alpha value is -0.570. The number of rotatable bonds is 1. The minimum absolute atomic E-state index is 0.189. The van der Waals surface area contributed by atoms with Crippen molar-refractivity contribution >= 4 is 5.91 Å². The molecule has 70 valence electrons. The van der Waals surface area contributed by atoms with Crippen LogP contribution in [0.25, 0.3) is 0 Å². The van der Waals surface area contributed by atoms with E-state index in [0.717, 1.165) is 19.5 Å². The molecule has 0 radical (unpaired) electrons. The summed E-state index contributed by atoms with van der Waals surface area (Å²) in [4.78, 5) is 13.3. The minimum Gasteiger partial charge on any atom is -0.349 e. The van der Waals surface area contributed by atoms with E-state index in [4.69, 9.17) is 0 Å². The summed E-state index contributed by atoms with van der Waals surface area (Å²) in [5.41, 5.74) is 0. The Kier molecular flexibility index (Phi) is 3.09. The van der Waals surface area contributed by atoms with Crippen LogP contribution in [0.15, 0.2) is 0 Å². The quantitative estimate of drug-likeness (QED) is 0.614. The summed E-state index contributed by atoms with van der Waals surface area (Å²) in [6.45, 7) is 4.06. The Balaban J connectivity index is 2.53. The Labute approximate surface area is 74.1 Å². The van der Waals surface area contributed by atoms with E-state index >= 15 is 0 Å². The molecule has 1 rings (SSSR count). The topological polar surface area (TPSA) is 32.3 Å². The van der Waals surface area contributed by atoms with E-state index in [-0.39, 0.29) is 11.8 Å². The lowest BCUT2D eigenvalue weighted by Gasteiger charge is -2.30. The Morgan fingerprint density at radius 1 is 1.50 bits per heavy atom. The molecule has 1 aliphatic rings. The van der Waals surface area contributed by atoms with Crippen molar-refractivity contribution in [3.8, 4) is 0 Å². The first kappa shape index (κ1) is 9.52. The molecule has 1 N–H and O–H groups in total. The molecule has 0 spiro atoms. The summed E-state index contributed by atoms with van der Waals surface area (Å²) in [5.74, 6) is 0.976. The number of carbonyl (C=O) groups is 1. The number of hydrogen-bond donors (Lipinski definition) is 1. The van der Waals surface area contributed by atoms with Gasteiger partial charge in [0.1, 0.15) is 0 Å². The zero-order valence-corrected chi connectivity index (χ0v) is 8.13. The van der Waals surface area contributed by atoms with E-state index in [2.05, 4.69) is 12.2 Å². The SMILES string of the molecule is C[C@@H]1CCNC[C@@H]1C(=O)N(C)C. The number of amides is 1. The number of nitrogens with zero attached hydrogens (tertiary/aromatic N) is 1. The highest BCUT2D eigenvalue weighted by Crippen LogP contribution is 2.19. The number of hydrogen-bond acceptors (Lipinski definition) is 2. The van der Waals surface area contributed by atoms with E-state index in [1.54, 1.807) is 4.90 Å². The standard InChI is InChI=1S/C9H18N2O/c1-7-4-5-10-6-8(7)9(12)11(2)3/h7-8,10H,4-6H2,1-3H3/t7-,8+/m1/s1. The predicted molar refractivity (Wildman–Crippen MR) is 48.8 cm³/mol. The third kappa shape index (κ3) is 1.97. The molecule has 0 bridgehead atoms. The summed E-state index contributed by atoms with van der Waals surface area (Å²) < 4.78 is 0. The van der Waals surface area contributed by atoms with Crippen molar-refractivity contribution in [2.75, 3.05) is 27.2 Å². The van der Waals surface area contributed by atoms with Crippen LogP contribution in [0.2, 0.25) is 0 Å². The molecular weight excluding hydrogens is 152 g/mol. The highest BCUT2D eigenvalue weighted by atomic mass is 16.2. The fourth-order valence-electron chi connectivity index (χ4n) is 1.65. The van der Waals surface area contributed by atoms with Crippen LogP contribution in [0.3, 0.4) is 0 Å². The summed E-state index contributed by atoms with van der Waals surface area (Å²) >= 11 is 0. The number of carbonyl (C=O) groups excluding carboxylic acids is 1. The van der Waals surface area contributed by atoms with E-state index in [1.165, 1.54) is 0 Å². The average molecular weight is 170 g/mol. The molecule has 0 aliphatic carbocycles. The molecule has 3 heteroatoms. The average Bonchev–Trinajstić information content (AvgIpc) is 2.04. The molecule has 2 atom stereocenters. The smallest absolute Gasteiger partial charge is 0.226 e. The second kappa shape index (κ2) is 3.90. The van der Waals surface area contributed by atoms with Gasteiger partial charge in [0.15, 0.2) is 0 Å². The molecule has 1 heterocycles. The summed E-state index contributed by atoms with van der Waals surface area (Å²) in [6.07, 6.45) is 1.12. The molecule has 3 nitrogen and oxygen atoms in total. The lowest BCUT2D eigenvalue weighted by atomic mass is 9.87. The van der Waals surface area contributed by atoms with Gasteiger partial charge in [-0.3, -0.25) is 4.79 Å². The summed E-state index contributed by atoms with van der Waals surface area (Å²) in [6, 6.07) is 0. The zero-order chi connectivity index (χ0) is 9.14. The van der Waals surface area contributed by atoms with Gasteiger partial charge < -0.3 is 10.2 Å². The Morgan fingerprint density at radius 3 is 2.67 bits per heavy atom. The lowest BCUT2D eigenvalue weighted by Crippen LogP contribution is -2.44. The fraction of sp³-hybridized carbons (Fsp3) is 0.889. The van der Waals surface area contributed by atoms with Crippen LogP contribution in [0, 0.1) is 11.8 Å². The van der Waals surface area contributed by atoms with Crippen molar-refractivity contribution in [1.82, 2.24) is 10.2 Å². The molecule has 1 amide bonds. The minimum atomic E-state index is 0.189. The van der Waals surface area contributed by atoms with Crippen LogP contribution in [-0.4, -0.2) is 38.0 Å². The molecule has 0 aromatic carbocycles. The first-order valence-electron chi connectivity index (χ1n) is 4.55. The number of piperidine rings is 1. The van der Waals surface area contributed by atoms with Crippen molar-refractivity contribution in [2.45, 2.75) is 13.3 Å². The molecule has 1 aliphatic heterocycles. The Morgan fingerprint density at radius 2 is 2.17 bits per heavy atom. The van der Waals surface area contributed by atoms with Gasteiger partial charge in [0, 0.05) is 20.6 Å². The van der Waals surface area contributed by atoms with E-state index in [0.29, 0.717) is 5.92 Å². The van der Waals surface area contributed by atoms with Gasteiger partial charge in [0.25, 0.3) is 0 Å². The van der Waals surface area contributed by atoms with E-state index in [1.807, 2.05) is 14.1 Å². The molecule has 0 saturated carbocycles. The van der Waals surface area contributed by atoms with Crippen LogP contribution in [-0.2, 0) is 4.79 Å². The Bertz CT molecular complexity index is 168. The second-order valence-corrected chi connectivity index (χ2v) is 3.81. The van der Waals surface area contributed by atoms with Gasteiger partial charge in [-0.2, -0.15) is 0 Å². The molecule has 0 aromatic rings. The van der Waals surface area contributed by atoms with Crippen molar-refractivity contribution in [3.05, 3.63) is 0 Å². The summed E-state index contributed by atoms with van der Waals surface area (Å²) in [5, 5.41) is 3.25. The van der Waals surface area contributed by atoms with Gasteiger partial charge >= 0.3 is 0 Å². The van der Waals surface area contributed by atoms with Gasteiger partial charge in [0.05, 0.1) is 5.92 Å². The maximum atomic E-state index is 11.6. The molecule has 0 unspecified atom stereocenters. The van der Waals surface area contributed by atoms with Crippen LogP contribution < -0.4 is 5.32 Å². The van der Waals surface area contributed by atoms with E-state index < -0.39 is 0 Å². The largest absolute Gasteiger partial charge is 0.349 e. The van der Waals surface area contributed by atoms with Crippen LogP contribution in [0.4, 0.5) is 0 Å². The maximum Gasteiger partial charge on any atom is 0.226 e. The van der Waals surface area contributed by atoms with Crippen LogP contribution in [0.5, 0.6) is 0 Å². The van der Waals surface area contributed by atoms with Crippen molar-refractivity contribution in [1.29, 1.82) is 0 Å². The fourth-order valence-corrected chi connectivity index (χ4v) is 1.65.